The fraction of sp³-hybridized carbons (Fsp3) is 0.667. The summed E-state index contributed by atoms with van der Waals surface area (Å²) in [6.07, 6.45) is 0. The van der Waals surface area contributed by atoms with Gasteiger partial charge in [-0.25, -0.2) is 0 Å². The fourth-order valence-corrected chi connectivity index (χ4v) is 2.40. The number of carbonyl (C=O) groups is 1. The summed E-state index contributed by atoms with van der Waals surface area (Å²) in [5.74, 6) is 0.288. The Bertz CT molecular complexity index is 390. The van der Waals surface area contributed by atoms with E-state index in [4.69, 9.17) is 0 Å². The minimum Gasteiger partial charge on any atom is -1.00 e. The van der Waals surface area contributed by atoms with Gasteiger partial charge < -0.3 is 17.0 Å². The molecule has 0 aromatic carbocycles. The largest absolute Gasteiger partial charge is 1.00 e. The highest BCUT2D eigenvalue weighted by atomic mass is 79.9. The molecule has 1 aromatic rings. The fourth-order valence-electron chi connectivity index (χ4n) is 1.39. The van der Waals surface area contributed by atoms with E-state index in [1.807, 2.05) is 20.8 Å². The zero-order valence-corrected chi connectivity index (χ0v) is 13.3. The van der Waals surface area contributed by atoms with Crippen LogP contribution < -0.4 is 21.5 Å². The molecule has 0 bridgehead atoms. The molecule has 1 aromatic heterocycles. The lowest BCUT2D eigenvalue weighted by molar-refractivity contribution is -0.691. The summed E-state index contributed by atoms with van der Waals surface area (Å²) in [5, 5.41) is 1.21. The normalized spacial score (nSPS) is 11.1. The Morgan fingerprint density at radius 1 is 1.25 bits per heavy atom. The zero-order chi connectivity index (χ0) is 11.8. The van der Waals surface area contributed by atoms with Crippen LogP contribution in [0.1, 0.15) is 36.3 Å². The van der Waals surface area contributed by atoms with Crippen LogP contribution in [0.5, 0.6) is 0 Å². The molecule has 0 saturated carbocycles. The molecule has 0 unspecified atom stereocenters. The van der Waals surface area contributed by atoms with Crippen molar-refractivity contribution in [3.8, 4) is 0 Å². The molecule has 2 nitrogen and oxygen atoms in total. The van der Waals surface area contributed by atoms with Crippen molar-refractivity contribution in [1.82, 2.24) is 0 Å². The van der Waals surface area contributed by atoms with Crippen LogP contribution in [-0.2, 0) is 11.3 Å². The molecule has 0 fully saturated rings. The van der Waals surface area contributed by atoms with E-state index in [1.54, 1.807) is 11.3 Å². The summed E-state index contributed by atoms with van der Waals surface area (Å²) in [6.45, 7) is 12.7. The van der Waals surface area contributed by atoms with E-state index in [1.165, 1.54) is 15.6 Å². The highest BCUT2D eigenvalue weighted by Crippen LogP contribution is 2.17. The van der Waals surface area contributed by atoms with Gasteiger partial charge in [-0.15, -0.1) is 0 Å². The molecular weight excluding hydrogens is 286 g/mol. The number of Topliss-reactive ketones (excluding diaryl/α,β-unsaturated/α-hetero) is 1. The summed E-state index contributed by atoms with van der Waals surface area (Å²) >= 11 is 1.76. The Morgan fingerprint density at radius 3 is 2.06 bits per heavy atom. The Balaban J connectivity index is 0.00000225. The molecule has 0 atom stereocenters. The average molecular weight is 306 g/mol. The van der Waals surface area contributed by atoms with E-state index < -0.39 is 0 Å². The average Bonchev–Trinajstić information content (AvgIpc) is 2.30. The van der Waals surface area contributed by atoms with Gasteiger partial charge in [-0.3, -0.25) is 4.79 Å². The molecule has 16 heavy (non-hydrogen) atoms. The van der Waals surface area contributed by atoms with E-state index >= 15 is 0 Å². The molecule has 0 amide bonds. The number of ketones is 1. The molecule has 1 rings (SSSR count). The van der Waals surface area contributed by atoms with E-state index in [0.717, 1.165) is 0 Å². The van der Waals surface area contributed by atoms with Gasteiger partial charge in [-0.2, -0.15) is 4.57 Å². The van der Waals surface area contributed by atoms with Crippen LogP contribution in [0.4, 0.5) is 0 Å². The highest BCUT2D eigenvalue weighted by molar-refractivity contribution is 7.11. The summed E-state index contributed by atoms with van der Waals surface area (Å²) in [6, 6.07) is 0. The maximum Gasteiger partial charge on any atom is 0.234 e. The number of nitrogens with zero attached hydrogens (tertiary/aromatic N) is 1. The molecule has 0 aliphatic carbocycles. The summed E-state index contributed by atoms with van der Waals surface area (Å²) in [4.78, 5) is 13.2. The lowest BCUT2D eigenvalue weighted by atomic mass is 9.91. The Morgan fingerprint density at radius 2 is 1.75 bits per heavy atom. The van der Waals surface area contributed by atoms with Gasteiger partial charge in [0.1, 0.15) is 0 Å². The summed E-state index contributed by atoms with van der Waals surface area (Å²) in [5.41, 5.74) is 0.969. The predicted molar refractivity (Wildman–Crippen MR) is 63.2 cm³/mol. The summed E-state index contributed by atoms with van der Waals surface area (Å²) < 4.78 is 2.12. The van der Waals surface area contributed by atoms with Gasteiger partial charge in [0.25, 0.3) is 0 Å². The molecule has 0 saturated heterocycles. The van der Waals surface area contributed by atoms with Crippen LogP contribution in [0.3, 0.4) is 0 Å². The number of aromatic nitrogens is 1. The third kappa shape index (κ3) is 3.39. The second-order valence-electron chi connectivity index (χ2n) is 5.02. The molecule has 1 heterocycles. The maximum absolute atomic E-state index is 11.9. The Labute approximate surface area is 112 Å². The number of halogens is 1. The number of carbonyl (C=O) groups excluding carboxylic acids is 1. The van der Waals surface area contributed by atoms with Crippen LogP contribution in [0.2, 0.25) is 0 Å². The minimum atomic E-state index is -0.248. The Hall–Kier alpha value is -0.220. The first-order valence-electron chi connectivity index (χ1n) is 5.23. The van der Waals surface area contributed by atoms with E-state index in [9.17, 15) is 4.79 Å². The lowest BCUT2D eigenvalue weighted by Gasteiger charge is -2.13. The first-order chi connectivity index (χ1) is 6.73. The maximum atomic E-state index is 11.9. The Kier molecular flexibility index (Phi) is 5.33. The van der Waals surface area contributed by atoms with Crippen molar-refractivity contribution in [3.63, 3.8) is 0 Å². The topological polar surface area (TPSA) is 20.9 Å². The van der Waals surface area contributed by atoms with Crippen molar-refractivity contribution in [1.29, 1.82) is 0 Å². The molecule has 0 aliphatic rings. The van der Waals surface area contributed by atoms with Crippen LogP contribution >= 0.6 is 11.3 Å². The van der Waals surface area contributed by atoms with Crippen molar-refractivity contribution in [2.75, 3.05) is 0 Å². The van der Waals surface area contributed by atoms with Crippen LogP contribution in [-0.4, -0.2) is 5.78 Å². The first kappa shape index (κ1) is 15.8. The number of thiazole rings is 1. The number of rotatable bonds is 2. The molecule has 0 N–H and O–H groups in total. The van der Waals surface area contributed by atoms with Gasteiger partial charge in [0.2, 0.25) is 17.3 Å². The van der Waals surface area contributed by atoms with Crippen molar-refractivity contribution in [2.45, 2.75) is 48.1 Å². The number of aryl methyl sites for hydroxylation is 2. The van der Waals surface area contributed by atoms with E-state index in [2.05, 4.69) is 25.3 Å². The van der Waals surface area contributed by atoms with Gasteiger partial charge in [0.05, 0.1) is 4.88 Å². The van der Waals surface area contributed by atoms with Gasteiger partial charge in [0, 0.05) is 19.3 Å². The zero-order valence-electron chi connectivity index (χ0n) is 10.8. The second-order valence-corrected chi connectivity index (χ2v) is 6.43. The van der Waals surface area contributed by atoms with Crippen LogP contribution in [0.25, 0.3) is 0 Å². The number of hydrogen-bond acceptors (Lipinski definition) is 2. The molecule has 92 valence electrons. The third-order valence-electron chi connectivity index (χ3n) is 2.73. The number of hydrogen-bond donors (Lipinski definition) is 0. The van der Waals surface area contributed by atoms with Crippen LogP contribution in [0.15, 0.2) is 0 Å². The molecule has 0 aliphatic heterocycles. The van der Waals surface area contributed by atoms with Gasteiger partial charge in [-0.1, -0.05) is 32.1 Å². The van der Waals surface area contributed by atoms with Crippen molar-refractivity contribution in [2.24, 2.45) is 5.41 Å². The molecule has 4 heteroatoms. The van der Waals surface area contributed by atoms with Crippen molar-refractivity contribution < 1.29 is 26.3 Å². The quantitative estimate of drug-likeness (QED) is 0.680. The highest BCUT2D eigenvalue weighted by Gasteiger charge is 2.28. The van der Waals surface area contributed by atoms with Crippen LogP contribution in [0, 0.1) is 26.2 Å². The SMILES string of the molecule is Cc1sc(C)[n+](CC(=O)C(C)(C)C)c1C.[Br-]. The van der Waals surface area contributed by atoms with Gasteiger partial charge in [-0.05, 0) is 6.92 Å². The summed E-state index contributed by atoms with van der Waals surface area (Å²) in [7, 11) is 0. The molecule has 0 spiro atoms. The third-order valence-corrected chi connectivity index (χ3v) is 3.85. The standard InChI is InChI=1S/C12H20NOS.BrH/c1-8-9(2)15-10(3)13(8)7-11(14)12(4,5)6;/h7H2,1-6H3;1H/q+1;/p-1. The van der Waals surface area contributed by atoms with E-state index in [-0.39, 0.29) is 28.2 Å². The second kappa shape index (κ2) is 5.41. The molecule has 0 radical (unpaired) electrons. The molecular formula is C12H20BrNOS. The first-order valence-corrected chi connectivity index (χ1v) is 6.05. The lowest BCUT2D eigenvalue weighted by Crippen LogP contribution is -3.00. The van der Waals surface area contributed by atoms with Gasteiger partial charge in [0.15, 0.2) is 5.69 Å². The van der Waals surface area contributed by atoms with Gasteiger partial charge >= 0.3 is 0 Å². The minimum absolute atomic E-state index is 0. The van der Waals surface area contributed by atoms with Crippen molar-refractivity contribution >= 4 is 17.1 Å². The van der Waals surface area contributed by atoms with Crippen molar-refractivity contribution in [3.05, 3.63) is 15.6 Å². The monoisotopic (exact) mass is 305 g/mol. The smallest absolute Gasteiger partial charge is 0.234 e. The van der Waals surface area contributed by atoms with E-state index in [0.29, 0.717) is 6.54 Å². The predicted octanol–water partition coefficient (Wildman–Crippen LogP) is -0.420.